The van der Waals surface area contributed by atoms with Gasteiger partial charge in [-0.3, -0.25) is 14.4 Å². The molecule has 250 valence electrons. The van der Waals surface area contributed by atoms with Crippen molar-refractivity contribution in [1.29, 1.82) is 0 Å². The number of carbonyl (C=O) groups excluding carboxylic acids is 3. The second-order valence-corrected chi connectivity index (χ2v) is 13.2. The molecule has 1 fully saturated rings. The van der Waals surface area contributed by atoms with Crippen LogP contribution in [0.1, 0.15) is 125 Å². The maximum Gasteiger partial charge on any atom is 0.337 e. The molecule has 2 rings (SSSR count). The minimum atomic E-state index is -1.12. The van der Waals surface area contributed by atoms with Gasteiger partial charge in [-0.05, 0) is 63.4 Å². The van der Waals surface area contributed by atoms with Gasteiger partial charge < -0.3 is 14.6 Å². The molecular weight excluding hydrogens is 558 g/mol. The molecule has 8 heteroatoms. The third kappa shape index (κ3) is 9.85. The lowest BCUT2D eigenvalue weighted by Crippen LogP contribution is -2.67. The summed E-state index contributed by atoms with van der Waals surface area (Å²) in [4.78, 5) is 47.2. The highest BCUT2D eigenvalue weighted by Crippen LogP contribution is 2.45. The van der Waals surface area contributed by atoms with Gasteiger partial charge in [0, 0.05) is 12.3 Å². The molecule has 1 saturated heterocycles. The number of ether oxygens (including phenoxy) is 2. The summed E-state index contributed by atoms with van der Waals surface area (Å²) in [6.07, 6.45) is 5.05. The van der Waals surface area contributed by atoms with Gasteiger partial charge in [-0.2, -0.15) is 5.06 Å². The molecule has 7 unspecified atom stereocenters. The van der Waals surface area contributed by atoms with Crippen molar-refractivity contribution in [3.63, 3.8) is 0 Å². The van der Waals surface area contributed by atoms with E-state index in [1.165, 1.54) is 0 Å². The normalized spacial score (nSPS) is 25.2. The van der Waals surface area contributed by atoms with E-state index in [1.807, 2.05) is 70.0 Å². The molecule has 1 aliphatic heterocycles. The van der Waals surface area contributed by atoms with Gasteiger partial charge in [0.2, 0.25) is 0 Å². The first-order chi connectivity index (χ1) is 20.9. The van der Waals surface area contributed by atoms with E-state index in [1.54, 1.807) is 0 Å². The van der Waals surface area contributed by atoms with E-state index in [4.69, 9.17) is 14.3 Å². The Balaban J connectivity index is 2.46. The minimum Gasteiger partial charge on any atom is -0.465 e. The molecule has 1 aliphatic rings. The largest absolute Gasteiger partial charge is 0.465 e. The smallest absolute Gasteiger partial charge is 0.337 e. The second kappa shape index (κ2) is 18.0. The summed E-state index contributed by atoms with van der Waals surface area (Å²) >= 11 is 0. The highest BCUT2D eigenvalue weighted by Gasteiger charge is 2.55. The Morgan fingerprint density at radius 2 is 1.70 bits per heavy atom. The number of rotatable bonds is 19. The Bertz CT molecular complexity index is 1030. The fourth-order valence-electron chi connectivity index (χ4n) is 6.36. The monoisotopic (exact) mass is 617 g/mol. The number of aliphatic hydroxyl groups excluding tert-OH is 1. The second-order valence-electron chi connectivity index (χ2n) is 13.2. The summed E-state index contributed by atoms with van der Waals surface area (Å²) in [5.74, 6) is -1.44. The van der Waals surface area contributed by atoms with Crippen LogP contribution < -0.4 is 0 Å². The maximum absolute atomic E-state index is 13.8. The molecule has 0 spiro atoms. The number of hydrogen-bond donors (Lipinski definition) is 1. The fourth-order valence-corrected chi connectivity index (χ4v) is 6.36. The van der Waals surface area contributed by atoms with Crippen molar-refractivity contribution in [1.82, 2.24) is 5.06 Å². The number of aliphatic hydroxyl groups is 1. The van der Waals surface area contributed by atoms with E-state index in [9.17, 15) is 19.5 Å². The van der Waals surface area contributed by atoms with Crippen LogP contribution in [0.4, 0.5) is 0 Å². The molecule has 1 aromatic rings. The van der Waals surface area contributed by atoms with Crippen molar-refractivity contribution in [3.05, 3.63) is 35.9 Å². The highest BCUT2D eigenvalue weighted by atomic mass is 16.7. The van der Waals surface area contributed by atoms with Crippen LogP contribution in [0.3, 0.4) is 0 Å². The third-order valence-electron chi connectivity index (χ3n) is 10.1. The predicted molar refractivity (Wildman–Crippen MR) is 173 cm³/mol. The lowest BCUT2D eigenvalue weighted by atomic mass is 9.70. The summed E-state index contributed by atoms with van der Waals surface area (Å²) in [5, 5.41) is 11.3. The van der Waals surface area contributed by atoms with Crippen molar-refractivity contribution in [2.75, 3.05) is 19.8 Å². The Hall–Kier alpha value is -2.29. The Morgan fingerprint density at radius 3 is 2.27 bits per heavy atom. The van der Waals surface area contributed by atoms with Crippen LogP contribution in [-0.4, -0.2) is 64.9 Å². The maximum atomic E-state index is 13.8. The average Bonchev–Trinajstić information content (AvgIpc) is 3.03. The van der Waals surface area contributed by atoms with Gasteiger partial charge in [-0.1, -0.05) is 91.1 Å². The fraction of sp³-hybridized carbons (Fsp3) is 0.750. The molecule has 1 heterocycles. The number of hydrogen-bond acceptors (Lipinski definition) is 8. The molecule has 7 atom stereocenters. The van der Waals surface area contributed by atoms with Crippen molar-refractivity contribution in [2.45, 2.75) is 136 Å². The number of nitrogens with zero attached hydrogens (tertiary/aromatic N) is 1. The molecule has 0 bridgehead atoms. The predicted octanol–water partition coefficient (Wildman–Crippen LogP) is 7.03. The van der Waals surface area contributed by atoms with Crippen LogP contribution in [0.5, 0.6) is 0 Å². The van der Waals surface area contributed by atoms with E-state index in [0.717, 1.165) is 31.2 Å². The minimum absolute atomic E-state index is 0.0272. The number of piperidine rings is 1. The van der Waals surface area contributed by atoms with Crippen LogP contribution in [-0.2, 0) is 28.7 Å². The summed E-state index contributed by atoms with van der Waals surface area (Å²) in [5.41, 5.74) is -0.220. The number of carbonyl (C=O) groups is 3. The third-order valence-corrected chi connectivity index (χ3v) is 10.1. The van der Waals surface area contributed by atoms with E-state index in [0.29, 0.717) is 32.3 Å². The molecule has 0 aliphatic carbocycles. The Kier molecular flexibility index (Phi) is 15.5. The van der Waals surface area contributed by atoms with Crippen LogP contribution in [0.15, 0.2) is 30.3 Å². The number of benzene rings is 1. The quantitative estimate of drug-likeness (QED) is 0.165. The van der Waals surface area contributed by atoms with Gasteiger partial charge in [-0.25, -0.2) is 4.79 Å². The SMILES string of the molecule is CCCCC(CC)COC(=O)C(CC(ON1C(C)(CC)CC(=O)C(C)C1(C)CC)C(=O)OCCO)CC(C)c1ccccc1. The first kappa shape index (κ1) is 37.9. The van der Waals surface area contributed by atoms with Gasteiger partial charge in [-0.15, -0.1) is 0 Å². The van der Waals surface area contributed by atoms with Crippen LogP contribution in [0.25, 0.3) is 0 Å². The first-order valence-corrected chi connectivity index (χ1v) is 16.9. The number of ketones is 1. The lowest BCUT2D eigenvalue weighted by Gasteiger charge is -2.56. The number of hydroxylamine groups is 2. The van der Waals surface area contributed by atoms with Crippen molar-refractivity contribution >= 4 is 17.7 Å². The summed E-state index contributed by atoms with van der Waals surface area (Å²) in [7, 11) is 0. The molecule has 0 amide bonds. The van der Waals surface area contributed by atoms with Gasteiger partial charge in [0.25, 0.3) is 0 Å². The average molecular weight is 618 g/mol. The number of Topliss-reactive ketones (excluding diaryl/α,β-unsaturated/α-hetero) is 1. The molecule has 8 nitrogen and oxygen atoms in total. The zero-order valence-electron chi connectivity index (χ0n) is 28.6. The summed E-state index contributed by atoms with van der Waals surface area (Å²) in [6.45, 7) is 16.1. The Labute approximate surface area is 266 Å². The molecule has 0 radical (unpaired) electrons. The topological polar surface area (TPSA) is 102 Å². The van der Waals surface area contributed by atoms with Crippen molar-refractivity contribution in [3.8, 4) is 0 Å². The van der Waals surface area contributed by atoms with Crippen molar-refractivity contribution < 1.29 is 33.8 Å². The van der Waals surface area contributed by atoms with Crippen molar-refractivity contribution in [2.24, 2.45) is 17.8 Å². The first-order valence-electron chi connectivity index (χ1n) is 16.9. The number of esters is 2. The van der Waals surface area contributed by atoms with Gasteiger partial charge in [0.15, 0.2) is 6.10 Å². The molecule has 0 aromatic heterocycles. The van der Waals surface area contributed by atoms with Crippen LogP contribution in [0.2, 0.25) is 0 Å². The highest BCUT2D eigenvalue weighted by molar-refractivity contribution is 5.84. The molecule has 1 N–H and O–H groups in total. The van der Waals surface area contributed by atoms with E-state index >= 15 is 0 Å². The van der Waals surface area contributed by atoms with E-state index in [-0.39, 0.29) is 49.1 Å². The zero-order chi connectivity index (χ0) is 32.9. The Morgan fingerprint density at radius 1 is 1.02 bits per heavy atom. The van der Waals surface area contributed by atoms with Gasteiger partial charge in [0.05, 0.1) is 30.2 Å². The molecule has 44 heavy (non-hydrogen) atoms. The zero-order valence-corrected chi connectivity index (χ0v) is 28.6. The van der Waals surface area contributed by atoms with Crippen LogP contribution in [0, 0.1) is 17.8 Å². The van der Waals surface area contributed by atoms with Gasteiger partial charge in [0.1, 0.15) is 12.4 Å². The summed E-state index contributed by atoms with van der Waals surface area (Å²) < 4.78 is 11.4. The molecule has 0 saturated carbocycles. The molecule has 1 aromatic carbocycles. The lowest BCUT2D eigenvalue weighted by molar-refractivity contribution is -0.315. The number of unbranched alkanes of at least 4 members (excludes halogenated alkanes) is 1. The van der Waals surface area contributed by atoms with E-state index < -0.39 is 29.1 Å². The van der Waals surface area contributed by atoms with Crippen LogP contribution >= 0.6 is 0 Å². The van der Waals surface area contributed by atoms with Gasteiger partial charge >= 0.3 is 11.9 Å². The molecular formula is C36H59NO7. The standard InChI is InChI=1S/C36H59NO7/c1-9-13-17-28(10-2)25-43-33(40)30(22-26(5)29-18-15-14-16-19-29)23-32(34(41)42-21-20-38)44-37-35(7,11-3)24-31(39)27(6)36(37,8)12-4/h14-16,18-19,26-28,30,32,38H,9-13,17,20-25H2,1-8H3. The summed E-state index contributed by atoms with van der Waals surface area (Å²) in [6, 6.07) is 10.0. The van der Waals surface area contributed by atoms with E-state index in [2.05, 4.69) is 20.8 Å².